The van der Waals surface area contributed by atoms with Crippen molar-refractivity contribution in [2.24, 2.45) is 0 Å². The van der Waals surface area contributed by atoms with Crippen molar-refractivity contribution >= 4 is 17.5 Å². The number of benzene rings is 1. The number of alkyl halides is 3. The molecule has 0 atom stereocenters. The normalized spacial score (nSPS) is 22.6. The van der Waals surface area contributed by atoms with Gasteiger partial charge in [-0.2, -0.15) is 8.78 Å². The minimum absolute atomic E-state index is 0.0390. The van der Waals surface area contributed by atoms with E-state index < -0.39 is 6.61 Å². The van der Waals surface area contributed by atoms with Crippen LogP contribution in [0.5, 0.6) is 5.75 Å². The maximum absolute atomic E-state index is 12.3. The molecule has 1 aromatic rings. The van der Waals surface area contributed by atoms with Crippen LogP contribution in [-0.4, -0.2) is 23.9 Å². The number of ether oxygens (including phenoxy) is 1. The molecule has 1 fully saturated rings. The van der Waals surface area contributed by atoms with Crippen molar-refractivity contribution in [1.29, 1.82) is 0 Å². The molecule has 110 valence electrons. The largest absolute Gasteiger partial charge is 0.434 e. The fourth-order valence-corrected chi connectivity index (χ4v) is 2.57. The summed E-state index contributed by atoms with van der Waals surface area (Å²) >= 11 is 6.00. The molecule has 0 radical (unpaired) electrons. The van der Waals surface area contributed by atoms with Crippen LogP contribution in [-0.2, 0) is 0 Å². The Labute approximate surface area is 121 Å². The second kappa shape index (κ2) is 6.88. The smallest absolute Gasteiger partial charge is 0.387 e. The molecular weight excluding hydrogens is 288 g/mol. The van der Waals surface area contributed by atoms with Gasteiger partial charge in [0.15, 0.2) is 0 Å². The van der Waals surface area contributed by atoms with Crippen molar-refractivity contribution in [3.05, 3.63) is 29.8 Å². The van der Waals surface area contributed by atoms with E-state index in [1.54, 1.807) is 12.1 Å². The first-order valence-electron chi connectivity index (χ1n) is 6.55. The van der Waals surface area contributed by atoms with E-state index >= 15 is 0 Å². The number of nitrogens with one attached hydrogen (secondary N) is 1. The molecule has 20 heavy (non-hydrogen) atoms. The van der Waals surface area contributed by atoms with Crippen LogP contribution in [0.4, 0.5) is 8.78 Å². The predicted octanol–water partition coefficient (Wildman–Crippen LogP) is 3.57. The van der Waals surface area contributed by atoms with E-state index in [-0.39, 0.29) is 28.6 Å². The molecule has 1 aliphatic rings. The van der Waals surface area contributed by atoms with E-state index in [4.69, 9.17) is 11.6 Å². The number of carbonyl (C=O) groups excluding carboxylic acids is 1. The number of rotatable bonds is 4. The van der Waals surface area contributed by atoms with Gasteiger partial charge in [0.25, 0.3) is 5.91 Å². The first-order valence-corrected chi connectivity index (χ1v) is 6.98. The summed E-state index contributed by atoms with van der Waals surface area (Å²) in [6, 6.07) is 6.03. The Bertz CT molecular complexity index is 462. The first kappa shape index (κ1) is 15.0. The van der Waals surface area contributed by atoms with Gasteiger partial charge in [-0.25, -0.2) is 0 Å². The molecule has 1 aromatic carbocycles. The number of amides is 1. The molecule has 1 aliphatic carbocycles. The Kier molecular flexibility index (Phi) is 5.17. The highest BCUT2D eigenvalue weighted by Crippen LogP contribution is 2.24. The average molecular weight is 304 g/mol. The number of para-hydroxylation sites is 1. The third-order valence-corrected chi connectivity index (χ3v) is 3.78. The lowest BCUT2D eigenvalue weighted by atomic mass is 9.95. The summed E-state index contributed by atoms with van der Waals surface area (Å²) in [4.78, 5) is 12.1. The summed E-state index contributed by atoms with van der Waals surface area (Å²) in [5.74, 6) is -0.495. The second-order valence-electron chi connectivity index (χ2n) is 4.80. The SMILES string of the molecule is O=C(NC1CCC(Cl)CC1)c1ccccc1OC(F)F. The lowest BCUT2D eigenvalue weighted by Gasteiger charge is -2.26. The van der Waals surface area contributed by atoms with Gasteiger partial charge in [0.1, 0.15) is 5.75 Å². The zero-order chi connectivity index (χ0) is 14.5. The Hall–Kier alpha value is -1.36. The Morgan fingerprint density at radius 3 is 2.55 bits per heavy atom. The predicted molar refractivity (Wildman–Crippen MR) is 72.4 cm³/mol. The molecule has 0 heterocycles. The van der Waals surface area contributed by atoms with Gasteiger partial charge in [-0.1, -0.05) is 12.1 Å². The quantitative estimate of drug-likeness (QED) is 0.864. The number of hydrogen-bond acceptors (Lipinski definition) is 2. The molecule has 1 amide bonds. The highest BCUT2D eigenvalue weighted by Gasteiger charge is 2.23. The van der Waals surface area contributed by atoms with Crippen LogP contribution in [0.2, 0.25) is 0 Å². The minimum Gasteiger partial charge on any atom is -0.434 e. The average Bonchev–Trinajstić information content (AvgIpc) is 2.41. The van der Waals surface area contributed by atoms with E-state index in [0.717, 1.165) is 25.7 Å². The van der Waals surface area contributed by atoms with E-state index in [1.807, 2.05) is 0 Å². The van der Waals surface area contributed by atoms with Gasteiger partial charge in [-0.3, -0.25) is 4.79 Å². The molecular formula is C14H16ClF2NO2. The van der Waals surface area contributed by atoms with E-state index in [0.29, 0.717) is 0 Å². The lowest BCUT2D eigenvalue weighted by Crippen LogP contribution is -2.38. The fourth-order valence-electron chi connectivity index (χ4n) is 2.31. The van der Waals surface area contributed by atoms with Crippen molar-refractivity contribution < 1.29 is 18.3 Å². The molecule has 0 unspecified atom stereocenters. The van der Waals surface area contributed by atoms with Crippen molar-refractivity contribution in [2.75, 3.05) is 0 Å². The Morgan fingerprint density at radius 2 is 1.90 bits per heavy atom. The van der Waals surface area contributed by atoms with Crippen LogP contribution in [0.25, 0.3) is 0 Å². The van der Waals surface area contributed by atoms with Crippen LogP contribution in [0.1, 0.15) is 36.0 Å². The first-order chi connectivity index (χ1) is 9.56. The Morgan fingerprint density at radius 1 is 1.25 bits per heavy atom. The van der Waals surface area contributed by atoms with Gasteiger partial charge in [-0.15, -0.1) is 11.6 Å². The molecule has 1 N–H and O–H groups in total. The summed E-state index contributed by atoms with van der Waals surface area (Å²) in [6.45, 7) is -2.95. The second-order valence-corrected chi connectivity index (χ2v) is 5.41. The van der Waals surface area contributed by atoms with Gasteiger partial charge >= 0.3 is 6.61 Å². The van der Waals surface area contributed by atoms with Gasteiger partial charge in [-0.05, 0) is 37.8 Å². The highest BCUT2D eigenvalue weighted by molar-refractivity contribution is 6.20. The summed E-state index contributed by atoms with van der Waals surface area (Å²) in [7, 11) is 0. The highest BCUT2D eigenvalue weighted by atomic mass is 35.5. The van der Waals surface area contributed by atoms with E-state index in [9.17, 15) is 13.6 Å². The molecule has 0 aromatic heterocycles. The zero-order valence-electron chi connectivity index (χ0n) is 10.8. The topological polar surface area (TPSA) is 38.3 Å². The molecule has 0 saturated heterocycles. The van der Waals surface area contributed by atoms with E-state index in [2.05, 4.69) is 10.1 Å². The summed E-state index contributed by atoms with van der Waals surface area (Å²) < 4.78 is 29.0. The van der Waals surface area contributed by atoms with Crippen LogP contribution >= 0.6 is 11.6 Å². The van der Waals surface area contributed by atoms with Crippen LogP contribution in [0.15, 0.2) is 24.3 Å². The minimum atomic E-state index is -2.95. The van der Waals surface area contributed by atoms with Crippen LogP contribution < -0.4 is 10.1 Å². The van der Waals surface area contributed by atoms with Gasteiger partial charge in [0.2, 0.25) is 0 Å². The van der Waals surface area contributed by atoms with Gasteiger partial charge in [0, 0.05) is 11.4 Å². The molecule has 0 spiro atoms. The maximum Gasteiger partial charge on any atom is 0.387 e. The summed E-state index contributed by atoms with van der Waals surface area (Å²) in [5.41, 5.74) is 0.126. The molecule has 3 nitrogen and oxygen atoms in total. The van der Waals surface area contributed by atoms with Gasteiger partial charge < -0.3 is 10.1 Å². The summed E-state index contributed by atoms with van der Waals surface area (Å²) in [6.07, 6.45) is 3.30. The van der Waals surface area contributed by atoms with E-state index in [1.165, 1.54) is 12.1 Å². The van der Waals surface area contributed by atoms with Gasteiger partial charge in [0.05, 0.1) is 5.56 Å². The standard InChI is InChI=1S/C14H16ClF2NO2/c15-9-5-7-10(8-6-9)18-13(19)11-3-1-2-4-12(11)20-14(16)17/h1-4,9-10,14H,5-8H2,(H,18,19). The zero-order valence-corrected chi connectivity index (χ0v) is 11.6. The van der Waals surface area contributed by atoms with Crippen LogP contribution in [0, 0.1) is 0 Å². The maximum atomic E-state index is 12.3. The molecule has 1 saturated carbocycles. The third-order valence-electron chi connectivity index (χ3n) is 3.34. The number of carbonyl (C=O) groups is 1. The third kappa shape index (κ3) is 4.07. The Balaban J connectivity index is 2.01. The summed E-state index contributed by atoms with van der Waals surface area (Å²) in [5, 5.41) is 3.01. The molecule has 2 rings (SSSR count). The monoisotopic (exact) mass is 303 g/mol. The lowest BCUT2D eigenvalue weighted by molar-refractivity contribution is -0.0501. The van der Waals surface area contributed by atoms with Crippen molar-refractivity contribution in [3.8, 4) is 5.75 Å². The number of hydrogen-bond donors (Lipinski definition) is 1. The molecule has 6 heteroatoms. The molecule has 0 bridgehead atoms. The molecule has 0 aliphatic heterocycles. The fraction of sp³-hybridized carbons (Fsp3) is 0.500. The van der Waals surface area contributed by atoms with Crippen molar-refractivity contribution in [1.82, 2.24) is 5.32 Å². The van der Waals surface area contributed by atoms with Crippen molar-refractivity contribution in [2.45, 2.75) is 43.7 Å². The van der Waals surface area contributed by atoms with Crippen molar-refractivity contribution in [3.63, 3.8) is 0 Å². The van der Waals surface area contributed by atoms with Crippen LogP contribution in [0.3, 0.4) is 0 Å². The number of halogens is 3.